The van der Waals surface area contributed by atoms with Gasteiger partial charge in [-0.15, -0.1) is 0 Å². The van der Waals surface area contributed by atoms with Crippen LogP contribution in [0.5, 0.6) is 0 Å². The number of fused-ring (bicyclic) bond motifs is 1. The van der Waals surface area contributed by atoms with Crippen molar-refractivity contribution in [1.82, 2.24) is 9.38 Å². The lowest BCUT2D eigenvalue weighted by Crippen LogP contribution is -2.16. The van der Waals surface area contributed by atoms with Gasteiger partial charge in [-0.3, -0.25) is 14.0 Å². The van der Waals surface area contributed by atoms with Crippen LogP contribution in [0, 0.1) is 6.92 Å². The highest BCUT2D eigenvalue weighted by molar-refractivity contribution is 6.04. The van der Waals surface area contributed by atoms with Gasteiger partial charge in [-0.2, -0.15) is 0 Å². The predicted molar refractivity (Wildman–Crippen MR) is 93.7 cm³/mol. The van der Waals surface area contributed by atoms with Crippen molar-refractivity contribution in [2.45, 2.75) is 27.2 Å². The highest BCUT2D eigenvalue weighted by atomic mass is 16.2. The molecular formula is C19H19N3O2. The SMILES string of the molecule is CCc1nc2ccc(C)cn2c1C(=O)Nc1ccc(C(C)=O)cc1. The first-order valence-corrected chi connectivity index (χ1v) is 7.89. The lowest BCUT2D eigenvalue weighted by Gasteiger charge is -2.07. The Morgan fingerprint density at radius 3 is 2.46 bits per heavy atom. The van der Waals surface area contributed by atoms with E-state index in [0.29, 0.717) is 23.4 Å². The summed E-state index contributed by atoms with van der Waals surface area (Å²) in [4.78, 5) is 28.6. The summed E-state index contributed by atoms with van der Waals surface area (Å²) in [6, 6.07) is 10.8. The fraction of sp³-hybridized carbons (Fsp3) is 0.211. The van der Waals surface area contributed by atoms with Crippen molar-refractivity contribution >= 4 is 23.0 Å². The summed E-state index contributed by atoms with van der Waals surface area (Å²) >= 11 is 0. The summed E-state index contributed by atoms with van der Waals surface area (Å²) in [5, 5.41) is 2.89. The zero-order chi connectivity index (χ0) is 17.3. The van der Waals surface area contributed by atoms with E-state index in [0.717, 1.165) is 16.9 Å². The molecule has 0 saturated heterocycles. The van der Waals surface area contributed by atoms with E-state index in [2.05, 4.69) is 10.3 Å². The highest BCUT2D eigenvalue weighted by Gasteiger charge is 2.18. The van der Waals surface area contributed by atoms with Gasteiger partial charge in [0.05, 0.1) is 5.69 Å². The van der Waals surface area contributed by atoms with Gasteiger partial charge in [-0.05, 0) is 56.2 Å². The fourth-order valence-corrected chi connectivity index (χ4v) is 2.67. The van der Waals surface area contributed by atoms with E-state index in [1.807, 2.05) is 36.6 Å². The van der Waals surface area contributed by atoms with E-state index >= 15 is 0 Å². The number of anilines is 1. The number of ketones is 1. The maximum Gasteiger partial charge on any atom is 0.274 e. The van der Waals surface area contributed by atoms with Crippen LogP contribution in [0.1, 0.15) is 46.0 Å². The molecule has 1 amide bonds. The minimum Gasteiger partial charge on any atom is -0.321 e. The van der Waals surface area contributed by atoms with Crippen molar-refractivity contribution in [3.63, 3.8) is 0 Å². The zero-order valence-electron chi connectivity index (χ0n) is 14.0. The second kappa shape index (κ2) is 6.28. The number of rotatable bonds is 4. The molecular weight excluding hydrogens is 302 g/mol. The molecule has 0 aliphatic rings. The first-order chi connectivity index (χ1) is 11.5. The molecule has 0 unspecified atom stereocenters. The van der Waals surface area contributed by atoms with Crippen LogP contribution in [-0.2, 0) is 6.42 Å². The molecule has 0 spiro atoms. The number of hydrogen-bond donors (Lipinski definition) is 1. The first kappa shape index (κ1) is 15.9. The normalized spacial score (nSPS) is 10.8. The Balaban J connectivity index is 1.96. The third-order valence-corrected chi connectivity index (χ3v) is 3.94. The lowest BCUT2D eigenvalue weighted by molar-refractivity contribution is 0.101. The van der Waals surface area contributed by atoms with Crippen LogP contribution in [0.3, 0.4) is 0 Å². The van der Waals surface area contributed by atoms with Gasteiger partial charge in [-0.1, -0.05) is 13.0 Å². The van der Waals surface area contributed by atoms with Gasteiger partial charge in [0.15, 0.2) is 5.78 Å². The maximum absolute atomic E-state index is 12.8. The Morgan fingerprint density at radius 2 is 1.83 bits per heavy atom. The van der Waals surface area contributed by atoms with Gasteiger partial charge in [0.1, 0.15) is 11.3 Å². The van der Waals surface area contributed by atoms with Crippen molar-refractivity contribution in [2.24, 2.45) is 0 Å². The molecule has 1 aromatic carbocycles. The molecule has 24 heavy (non-hydrogen) atoms. The third kappa shape index (κ3) is 2.93. The van der Waals surface area contributed by atoms with E-state index in [4.69, 9.17) is 0 Å². The largest absolute Gasteiger partial charge is 0.321 e. The van der Waals surface area contributed by atoms with Gasteiger partial charge >= 0.3 is 0 Å². The monoisotopic (exact) mass is 321 g/mol. The summed E-state index contributed by atoms with van der Waals surface area (Å²) in [5.41, 5.74) is 4.39. The molecule has 3 aromatic rings. The van der Waals surface area contributed by atoms with Crippen LogP contribution in [0.2, 0.25) is 0 Å². The van der Waals surface area contributed by atoms with Crippen LogP contribution in [0.4, 0.5) is 5.69 Å². The summed E-state index contributed by atoms with van der Waals surface area (Å²) in [6.07, 6.45) is 2.59. The Bertz CT molecular complexity index is 924. The molecule has 5 nitrogen and oxygen atoms in total. The van der Waals surface area contributed by atoms with Gasteiger partial charge in [0, 0.05) is 17.4 Å². The van der Waals surface area contributed by atoms with Gasteiger partial charge in [0.25, 0.3) is 5.91 Å². The number of Topliss-reactive ketones (excluding diaryl/α,β-unsaturated/α-hetero) is 1. The fourth-order valence-electron chi connectivity index (χ4n) is 2.67. The molecule has 2 heterocycles. The average Bonchev–Trinajstić information content (AvgIpc) is 2.93. The standard InChI is InChI=1S/C19H19N3O2/c1-4-16-18(22-11-12(2)5-10-17(22)21-16)19(24)20-15-8-6-14(7-9-15)13(3)23/h5-11H,4H2,1-3H3,(H,20,24). The first-order valence-electron chi connectivity index (χ1n) is 7.89. The molecule has 0 saturated carbocycles. The topological polar surface area (TPSA) is 63.5 Å². The number of aromatic nitrogens is 2. The van der Waals surface area contributed by atoms with Gasteiger partial charge in [-0.25, -0.2) is 4.98 Å². The zero-order valence-corrected chi connectivity index (χ0v) is 14.0. The molecule has 0 aliphatic heterocycles. The van der Waals surface area contributed by atoms with Crippen LogP contribution in [-0.4, -0.2) is 21.1 Å². The Kier molecular flexibility index (Phi) is 4.16. The van der Waals surface area contributed by atoms with Crippen LogP contribution < -0.4 is 5.32 Å². The van der Waals surface area contributed by atoms with Gasteiger partial charge in [0.2, 0.25) is 0 Å². The minimum atomic E-state index is -0.208. The second-order valence-electron chi connectivity index (χ2n) is 5.78. The Hall–Kier alpha value is -2.95. The molecule has 0 aliphatic carbocycles. The maximum atomic E-state index is 12.8. The molecule has 2 aromatic heterocycles. The third-order valence-electron chi connectivity index (χ3n) is 3.94. The Morgan fingerprint density at radius 1 is 1.12 bits per heavy atom. The smallest absolute Gasteiger partial charge is 0.274 e. The predicted octanol–water partition coefficient (Wildman–Crippen LogP) is 3.66. The van der Waals surface area contributed by atoms with Gasteiger partial charge < -0.3 is 5.32 Å². The molecule has 0 radical (unpaired) electrons. The molecule has 3 rings (SSSR count). The quantitative estimate of drug-likeness (QED) is 0.746. The number of imidazole rings is 1. The van der Waals surface area contributed by atoms with Crippen LogP contribution in [0.25, 0.3) is 5.65 Å². The van der Waals surface area contributed by atoms with Crippen LogP contribution >= 0.6 is 0 Å². The summed E-state index contributed by atoms with van der Waals surface area (Å²) < 4.78 is 1.83. The number of aryl methyl sites for hydroxylation is 2. The average molecular weight is 321 g/mol. The van der Waals surface area contributed by atoms with Crippen molar-refractivity contribution in [3.05, 3.63) is 65.1 Å². The number of amides is 1. The van der Waals surface area contributed by atoms with Crippen molar-refractivity contribution in [3.8, 4) is 0 Å². The minimum absolute atomic E-state index is 0.00148. The molecule has 0 atom stereocenters. The lowest BCUT2D eigenvalue weighted by atomic mass is 10.1. The number of carbonyl (C=O) groups excluding carboxylic acids is 2. The number of benzene rings is 1. The number of nitrogens with one attached hydrogen (secondary N) is 1. The number of carbonyl (C=O) groups is 2. The van der Waals surface area contributed by atoms with Crippen molar-refractivity contribution < 1.29 is 9.59 Å². The van der Waals surface area contributed by atoms with E-state index < -0.39 is 0 Å². The van der Waals surface area contributed by atoms with E-state index in [1.54, 1.807) is 24.3 Å². The van der Waals surface area contributed by atoms with Crippen molar-refractivity contribution in [2.75, 3.05) is 5.32 Å². The molecule has 122 valence electrons. The molecule has 0 fully saturated rings. The molecule has 0 bridgehead atoms. The summed E-state index contributed by atoms with van der Waals surface area (Å²) in [5.74, 6) is -0.209. The summed E-state index contributed by atoms with van der Waals surface area (Å²) in [6.45, 7) is 5.47. The summed E-state index contributed by atoms with van der Waals surface area (Å²) in [7, 11) is 0. The number of hydrogen-bond acceptors (Lipinski definition) is 3. The van der Waals surface area contributed by atoms with Crippen LogP contribution in [0.15, 0.2) is 42.6 Å². The molecule has 1 N–H and O–H groups in total. The molecule has 5 heteroatoms. The van der Waals surface area contributed by atoms with E-state index in [-0.39, 0.29) is 11.7 Å². The van der Waals surface area contributed by atoms with E-state index in [1.165, 1.54) is 6.92 Å². The highest BCUT2D eigenvalue weighted by Crippen LogP contribution is 2.17. The number of nitrogens with zero attached hydrogens (tertiary/aromatic N) is 2. The Labute approximate surface area is 140 Å². The van der Waals surface area contributed by atoms with E-state index in [9.17, 15) is 9.59 Å². The second-order valence-corrected chi connectivity index (χ2v) is 5.78. The number of pyridine rings is 1. The van der Waals surface area contributed by atoms with Crippen molar-refractivity contribution in [1.29, 1.82) is 0 Å².